The fourth-order valence-corrected chi connectivity index (χ4v) is 3.06. The van der Waals surface area contributed by atoms with E-state index in [4.69, 9.17) is 26.9 Å². The van der Waals surface area contributed by atoms with Crippen LogP contribution in [0, 0.1) is 0 Å². The quantitative estimate of drug-likeness (QED) is 0.512. The first kappa shape index (κ1) is 14.3. The predicted octanol–water partition coefficient (Wildman–Crippen LogP) is 3.08. The Hall–Kier alpha value is -1.63. The maximum absolute atomic E-state index is 6.15. The molecule has 0 atom stereocenters. The molecule has 0 radical (unpaired) electrons. The third kappa shape index (κ3) is 3.34. The SMILES string of the molecule is NNc1ccc(Cl)c(CSc2ccc3c(c2)OCCO3)n1. The van der Waals surface area contributed by atoms with E-state index in [1.54, 1.807) is 23.9 Å². The van der Waals surface area contributed by atoms with Crippen LogP contribution in [0.25, 0.3) is 0 Å². The van der Waals surface area contributed by atoms with Gasteiger partial charge in [0.25, 0.3) is 0 Å². The number of nitrogen functional groups attached to an aromatic ring is 1. The van der Waals surface area contributed by atoms with Crippen molar-refractivity contribution in [3.63, 3.8) is 0 Å². The van der Waals surface area contributed by atoms with Gasteiger partial charge in [-0.05, 0) is 30.3 Å². The van der Waals surface area contributed by atoms with E-state index in [1.165, 1.54) is 0 Å². The van der Waals surface area contributed by atoms with Gasteiger partial charge in [0.2, 0.25) is 0 Å². The Morgan fingerprint density at radius 2 is 2.00 bits per heavy atom. The van der Waals surface area contributed by atoms with Gasteiger partial charge in [0.05, 0.1) is 10.7 Å². The van der Waals surface area contributed by atoms with Gasteiger partial charge in [-0.3, -0.25) is 0 Å². The van der Waals surface area contributed by atoms with Gasteiger partial charge < -0.3 is 14.9 Å². The summed E-state index contributed by atoms with van der Waals surface area (Å²) >= 11 is 7.77. The molecule has 0 aliphatic carbocycles. The van der Waals surface area contributed by atoms with Crippen LogP contribution in [0.1, 0.15) is 5.69 Å². The van der Waals surface area contributed by atoms with Crippen molar-refractivity contribution in [1.82, 2.24) is 4.98 Å². The summed E-state index contributed by atoms with van der Waals surface area (Å²) < 4.78 is 11.1. The van der Waals surface area contributed by atoms with Crippen molar-refractivity contribution in [1.29, 1.82) is 0 Å². The van der Waals surface area contributed by atoms with Gasteiger partial charge in [-0.15, -0.1) is 11.8 Å². The Morgan fingerprint density at radius 1 is 1.19 bits per heavy atom. The van der Waals surface area contributed by atoms with Gasteiger partial charge in [-0.1, -0.05) is 11.6 Å². The van der Waals surface area contributed by atoms with Crippen LogP contribution < -0.4 is 20.7 Å². The summed E-state index contributed by atoms with van der Waals surface area (Å²) in [6.07, 6.45) is 0. The molecule has 1 aliphatic rings. The van der Waals surface area contributed by atoms with Crippen molar-refractivity contribution in [2.75, 3.05) is 18.6 Å². The molecule has 5 nitrogen and oxygen atoms in total. The maximum atomic E-state index is 6.15. The van der Waals surface area contributed by atoms with E-state index in [1.807, 2.05) is 18.2 Å². The molecule has 3 N–H and O–H groups in total. The summed E-state index contributed by atoms with van der Waals surface area (Å²) in [5.74, 6) is 8.17. The highest BCUT2D eigenvalue weighted by Gasteiger charge is 2.12. The topological polar surface area (TPSA) is 69.4 Å². The van der Waals surface area contributed by atoms with Crippen molar-refractivity contribution >= 4 is 29.2 Å². The lowest BCUT2D eigenvalue weighted by Crippen LogP contribution is -2.15. The van der Waals surface area contributed by atoms with Crippen molar-refractivity contribution in [2.45, 2.75) is 10.6 Å². The highest BCUT2D eigenvalue weighted by molar-refractivity contribution is 7.98. The predicted molar refractivity (Wildman–Crippen MR) is 84.1 cm³/mol. The zero-order valence-corrected chi connectivity index (χ0v) is 12.7. The molecule has 7 heteroatoms. The number of hydrazine groups is 1. The van der Waals surface area contributed by atoms with Crippen molar-refractivity contribution in [3.05, 3.63) is 41.0 Å². The fourth-order valence-electron chi connectivity index (χ4n) is 1.93. The van der Waals surface area contributed by atoms with Crippen LogP contribution in [-0.4, -0.2) is 18.2 Å². The molecule has 0 unspecified atom stereocenters. The molecule has 21 heavy (non-hydrogen) atoms. The summed E-state index contributed by atoms with van der Waals surface area (Å²) in [4.78, 5) is 5.42. The van der Waals surface area contributed by atoms with Gasteiger partial charge in [0.15, 0.2) is 11.5 Å². The molecular weight excluding hydrogens is 310 g/mol. The Bertz CT molecular complexity index is 654. The number of benzene rings is 1. The normalized spacial score (nSPS) is 13.0. The Morgan fingerprint density at radius 3 is 2.81 bits per heavy atom. The van der Waals surface area contributed by atoms with E-state index in [9.17, 15) is 0 Å². The lowest BCUT2D eigenvalue weighted by atomic mass is 10.3. The van der Waals surface area contributed by atoms with E-state index < -0.39 is 0 Å². The molecule has 2 heterocycles. The van der Waals surface area contributed by atoms with Crippen molar-refractivity contribution in [2.24, 2.45) is 5.84 Å². The zero-order valence-electron chi connectivity index (χ0n) is 11.1. The van der Waals surface area contributed by atoms with E-state index >= 15 is 0 Å². The van der Waals surface area contributed by atoms with Gasteiger partial charge in [0, 0.05) is 10.6 Å². The van der Waals surface area contributed by atoms with Crippen LogP contribution in [-0.2, 0) is 5.75 Å². The van der Waals surface area contributed by atoms with Crippen molar-refractivity contribution < 1.29 is 9.47 Å². The number of halogens is 1. The monoisotopic (exact) mass is 323 g/mol. The number of nitrogens with zero attached hydrogens (tertiary/aromatic N) is 1. The Labute approximate surface area is 131 Å². The summed E-state index contributed by atoms with van der Waals surface area (Å²) in [6, 6.07) is 9.41. The minimum absolute atomic E-state index is 0.582. The summed E-state index contributed by atoms with van der Waals surface area (Å²) in [6.45, 7) is 1.18. The third-order valence-corrected chi connectivity index (χ3v) is 4.30. The zero-order chi connectivity index (χ0) is 14.7. The lowest BCUT2D eigenvalue weighted by molar-refractivity contribution is 0.171. The molecule has 2 aromatic rings. The molecule has 0 amide bonds. The van der Waals surface area contributed by atoms with Gasteiger partial charge in [-0.25, -0.2) is 10.8 Å². The number of thioether (sulfide) groups is 1. The molecule has 3 rings (SSSR count). The molecule has 1 aromatic heterocycles. The molecule has 1 aliphatic heterocycles. The number of anilines is 1. The smallest absolute Gasteiger partial charge is 0.162 e. The average Bonchev–Trinajstić information content (AvgIpc) is 2.54. The van der Waals surface area contributed by atoms with E-state index in [0.717, 1.165) is 22.1 Å². The molecule has 0 fully saturated rings. The molecule has 1 aromatic carbocycles. The maximum Gasteiger partial charge on any atom is 0.162 e. The standard InChI is InChI=1S/C14H14ClN3O2S/c15-10-2-4-14(18-16)17-11(10)8-21-9-1-3-12-13(7-9)20-6-5-19-12/h1-4,7H,5-6,8,16H2,(H,17,18). The van der Waals surface area contributed by atoms with Crippen molar-refractivity contribution in [3.8, 4) is 11.5 Å². The van der Waals surface area contributed by atoms with Crippen LogP contribution >= 0.6 is 23.4 Å². The number of aromatic nitrogens is 1. The number of rotatable bonds is 4. The second-order valence-electron chi connectivity index (χ2n) is 4.36. The number of hydrogen-bond acceptors (Lipinski definition) is 6. The summed E-state index contributed by atoms with van der Waals surface area (Å²) in [7, 11) is 0. The molecule has 0 saturated carbocycles. The van der Waals surface area contributed by atoms with Crippen LogP contribution in [0.3, 0.4) is 0 Å². The van der Waals surface area contributed by atoms with Gasteiger partial charge in [-0.2, -0.15) is 0 Å². The van der Waals surface area contributed by atoms with Gasteiger partial charge in [0.1, 0.15) is 19.0 Å². The van der Waals surface area contributed by atoms with E-state index in [-0.39, 0.29) is 0 Å². The molecule has 110 valence electrons. The average molecular weight is 324 g/mol. The number of ether oxygens (including phenoxy) is 2. The van der Waals surface area contributed by atoms with Crippen LogP contribution in [0.4, 0.5) is 5.82 Å². The van der Waals surface area contributed by atoms with Gasteiger partial charge >= 0.3 is 0 Å². The van der Waals surface area contributed by atoms with E-state index in [2.05, 4.69) is 10.4 Å². The highest BCUT2D eigenvalue weighted by Crippen LogP contribution is 2.35. The number of fused-ring (bicyclic) bond motifs is 1. The first-order valence-corrected chi connectivity index (χ1v) is 7.77. The minimum Gasteiger partial charge on any atom is -0.486 e. The van der Waals surface area contributed by atoms with Crippen LogP contribution in [0.5, 0.6) is 11.5 Å². The number of nitrogens with two attached hydrogens (primary N) is 1. The second-order valence-corrected chi connectivity index (χ2v) is 5.82. The molecular formula is C14H14ClN3O2S. The lowest BCUT2D eigenvalue weighted by Gasteiger charge is -2.18. The third-order valence-electron chi connectivity index (χ3n) is 2.96. The Kier molecular flexibility index (Phi) is 4.38. The van der Waals surface area contributed by atoms with E-state index in [0.29, 0.717) is 29.8 Å². The highest BCUT2D eigenvalue weighted by atomic mass is 35.5. The van der Waals surface area contributed by atoms with Crippen LogP contribution in [0.15, 0.2) is 35.2 Å². The summed E-state index contributed by atoms with van der Waals surface area (Å²) in [5, 5.41) is 0.624. The minimum atomic E-state index is 0.582. The Balaban J connectivity index is 1.73. The first-order chi connectivity index (χ1) is 10.3. The molecule has 0 saturated heterocycles. The first-order valence-electron chi connectivity index (χ1n) is 6.41. The number of hydrogen-bond donors (Lipinski definition) is 2. The fraction of sp³-hybridized carbons (Fsp3) is 0.214. The second kappa shape index (κ2) is 6.43. The number of pyridine rings is 1. The molecule has 0 bridgehead atoms. The summed E-state index contributed by atoms with van der Waals surface area (Å²) in [5.41, 5.74) is 3.30. The number of nitrogens with one attached hydrogen (secondary N) is 1. The largest absolute Gasteiger partial charge is 0.486 e. The molecule has 0 spiro atoms. The van der Waals surface area contributed by atoms with Crippen LogP contribution in [0.2, 0.25) is 5.02 Å².